The summed E-state index contributed by atoms with van der Waals surface area (Å²) in [5, 5.41) is 5.28. The molecule has 0 saturated carbocycles. The Morgan fingerprint density at radius 1 is 0.722 bits per heavy atom. The molecule has 36 heavy (non-hydrogen) atoms. The average Bonchev–Trinajstić information content (AvgIpc) is 3.15. The maximum absolute atomic E-state index is 12.5. The van der Waals surface area contributed by atoms with E-state index in [0.717, 1.165) is 18.4 Å². The summed E-state index contributed by atoms with van der Waals surface area (Å²) in [5.74, 6) is 1.22. The van der Waals surface area contributed by atoms with Crippen LogP contribution in [-0.4, -0.2) is 5.97 Å². The van der Waals surface area contributed by atoms with Gasteiger partial charge < -0.3 is 4.74 Å². The minimum Gasteiger partial charge on any atom is -0.454 e. The highest BCUT2D eigenvalue weighted by Crippen LogP contribution is 2.45. The number of carbonyl (C=O) groups excluding carboxylic acids is 1. The average molecular weight is 481 g/mol. The van der Waals surface area contributed by atoms with Crippen LogP contribution in [0.2, 0.25) is 0 Å². The number of rotatable bonds is 5. The van der Waals surface area contributed by atoms with E-state index >= 15 is 0 Å². The fraction of sp³-hybridized carbons (Fsp3) is 0.382. The van der Waals surface area contributed by atoms with E-state index in [9.17, 15) is 4.79 Å². The van der Waals surface area contributed by atoms with Crippen molar-refractivity contribution < 1.29 is 9.53 Å². The van der Waals surface area contributed by atoms with Gasteiger partial charge in [-0.3, -0.25) is 4.79 Å². The van der Waals surface area contributed by atoms with E-state index in [1.165, 1.54) is 32.7 Å². The van der Waals surface area contributed by atoms with Crippen molar-refractivity contribution in [2.75, 3.05) is 0 Å². The number of hydrogen-bond donors (Lipinski definition) is 0. The summed E-state index contributed by atoms with van der Waals surface area (Å²) < 4.78 is 5.94. The highest BCUT2D eigenvalue weighted by atomic mass is 16.6. The Bertz CT molecular complexity index is 1340. The fourth-order valence-corrected chi connectivity index (χ4v) is 5.04. The molecule has 0 N–H and O–H groups in total. The smallest absolute Gasteiger partial charge is 0.312 e. The largest absolute Gasteiger partial charge is 0.454 e. The lowest BCUT2D eigenvalue weighted by Gasteiger charge is -2.33. The molecule has 0 fully saturated rings. The molecule has 0 aliphatic heterocycles. The quantitative estimate of drug-likeness (QED) is 0.266. The van der Waals surface area contributed by atoms with E-state index in [1.807, 2.05) is 39.8 Å². The summed E-state index contributed by atoms with van der Waals surface area (Å²) in [7, 11) is 0. The number of carbonyl (C=O) groups is 1. The molecule has 4 aromatic carbocycles. The lowest BCUT2D eigenvalue weighted by Crippen LogP contribution is -2.35. The maximum Gasteiger partial charge on any atom is 0.312 e. The van der Waals surface area contributed by atoms with Crippen LogP contribution in [0.1, 0.15) is 89.8 Å². The van der Waals surface area contributed by atoms with Gasteiger partial charge in [0.05, 0.1) is 5.41 Å². The minimum absolute atomic E-state index is 0.132. The third-order valence-electron chi connectivity index (χ3n) is 8.49. The molecule has 3 unspecified atom stereocenters. The lowest BCUT2D eigenvalue weighted by atomic mass is 9.88. The number of esters is 1. The second-order valence-corrected chi connectivity index (χ2v) is 11.1. The number of benzene rings is 4. The second kappa shape index (κ2) is 10.1. The predicted molar refractivity (Wildman–Crippen MR) is 153 cm³/mol. The fourth-order valence-electron chi connectivity index (χ4n) is 5.04. The van der Waals surface area contributed by atoms with E-state index < -0.39 is 11.0 Å². The molecule has 1 aliphatic rings. The zero-order valence-corrected chi connectivity index (χ0v) is 22.9. The SMILES string of the molecule is CC1c2cccc3cccc(c23)C1C.CCC(C)(C)C(=O)OC(C)(CC)c1ccc2ccccc2c1. The molecule has 0 saturated heterocycles. The number of ether oxygens (including phenoxy) is 1. The predicted octanol–water partition coefficient (Wildman–Crippen LogP) is 9.50. The van der Waals surface area contributed by atoms with E-state index in [-0.39, 0.29) is 5.97 Å². The van der Waals surface area contributed by atoms with Gasteiger partial charge in [0.15, 0.2) is 0 Å². The third-order valence-corrected chi connectivity index (χ3v) is 8.49. The molecule has 2 nitrogen and oxygen atoms in total. The summed E-state index contributed by atoms with van der Waals surface area (Å²) in [6.07, 6.45) is 1.51. The first-order chi connectivity index (χ1) is 17.1. The molecule has 188 valence electrons. The van der Waals surface area contributed by atoms with Gasteiger partial charge in [0.2, 0.25) is 0 Å². The Hall–Kier alpha value is -3.13. The molecule has 3 atom stereocenters. The zero-order valence-electron chi connectivity index (χ0n) is 22.9. The first-order valence-corrected chi connectivity index (χ1v) is 13.4. The van der Waals surface area contributed by atoms with Crippen molar-refractivity contribution in [2.45, 2.75) is 78.7 Å². The Labute approximate surface area is 216 Å². The molecular weight excluding hydrogens is 440 g/mol. The van der Waals surface area contributed by atoms with Crippen LogP contribution in [-0.2, 0) is 15.1 Å². The molecule has 0 radical (unpaired) electrons. The van der Waals surface area contributed by atoms with Gasteiger partial charge in [-0.1, -0.05) is 100 Å². The topological polar surface area (TPSA) is 26.3 Å². The molecule has 0 heterocycles. The van der Waals surface area contributed by atoms with Crippen LogP contribution in [0.5, 0.6) is 0 Å². The Kier molecular flexibility index (Phi) is 7.27. The van der Waals surface area contributed by atoms with Crippen LogP contribution in [0.25, 0.3) is 21.5 Å². The van der Waals surface area contributed by atoms with Crippen LogP contribution in [0, 0.1) is 5.41 Å². The van der Waals surface area contributed by atoms with Crippen LogP contribution in [0.4, 0.5) is 0 Å². The molecule has 0 amide bonds. The molecule has 1 aliphatic carbocycles. The Morgan fingerprint density at radius 3 is 1.83 bits per heavy atom. The van der Waals surface area contributed by atoms with Crippen LogP contribution >= 0.6 is 0 Å². The normalized spacial score (nSPS) is 18.4. The van der Waals surface area contributed by atoms with E-state index in [2.05, 4.69) is 87.5 Å². The van der Waals surface area contributed by atoms with Gasteiger partial charge in [-0.25, -0.2) is 0 Å². The summed E-state index contributed by atoms with van der Waals surface area (Å²) in [6.45, 7) is 14.6. The van der Waals surface area contributed by atoms with Crippen molar-refractivity contribution in [3.63, 3.8) is 0 Å². The zero-order chi connectivity index (χ0) is 26.1. The van der Waals surface area contributed by atoms with Crippen molar-refractivity contribution in [1.82, 2.24) is 0 Å². The molecule has 2 heteroatoms. The van der Waals surface area contributed by atoms with Crippen LogP contribution < -0.4 is 0 Å². The monoisotopic (exact) mass is 480 g/mol. The van der Waals surface area contributed by atoms with E-state index in [4.69, 9.17) is 4.74 Å². The maximum atomic E-state index is 12.5. The molecule has 0 bridgehead atoms. The van der Waals surface area contributed by atoms with Gasteiger partial charge in [-0.15, -0.1) is 0 Å². The Morgan fingerprint density at radius 2 is 1.28 bits per heavy atom. The van der Waals surface area contributed by atoms with Crippen molar-refractivity contribution in [3.05, 3.63) is 95.6 Å². The van der Waals surface area contributed by atoms with Gasteiger partial charge in [0.1, 0.15) is 5.60 Å². The van der Waals surface area contributed by atoms with Crippen molar-refractivity contribution in [3.8, 4) is 0 Å². The van der Waals surface area contributed by atoms with Gasteiger partial charge in [0.25, 0.3) is 0 Å². The van der Waals surface area contributed by atoms with E-state index in [0.29, 0.717) is 11.8 Å². The molecule has 0 spiro atoms. The molecule has 4 aromatic rings. The van der Waals surface area contributed by atoms with Crippen molar-refractivity contribution >= 4 is 27.5 Å². The second-order valence-electron chi connectivity index (χ2n) is 11.1. The summed E-state index contributed by atoms with van der Waals surface area (Å²) in [4.78, 5) is 12.5. The first-order valence-electron chi connectivity index (χ1n) is 13.4. The summed E-state index contributed by atoms with van der Waals surface area (Å²) >= 11 is 0. The lowest BCUT2D eigenvalue weighted by molar-refractivity contribution is -0.170. The van der Waals surface area contributed by atoms with Crippen LogP contribution in [0.15, 0.2) is 78.9 Å². The summed E-state index contributed by atoms with van der Waals surface area (Å²) in [6, 6.07) is 27.9. The van der Waals surface area contributed by atoms with E-state index in [1.54, 1.807) is 0 Å². The number of fused-ring (bicyclic) bond motifs is 1. The minimum atomic E-state index is -0.590. The number of hydrogen-bond acceptors (Lipinski definition) is 2. The Balaban J connectivity index is 0.000000185. The van der Waals surface area contributed by atoms with Gasteiger partial charge in [-0.2, -0.15) is 0 Å². The standard InChI is InChI=1S/C20H26O2.C14H14/c1-6-19(3,4)18(21)22-20(5,7-2)17-13-12-15-10-8-9-11-16(15)14-17;1-9-10(2)13-8-4-6-11-5-3-7-12(9)14(11)13/h8-14H,6-7H2,1-5H3;3-10H,1-2H3. The van der Waals surface area contributed by atoms with Gasteiger partial charge in [-0.05, 0) is 89.8 Å². The first kappa shape index (κ1) is 25.9. The van der Waals surface area contributed by atoms with Crippen molar-refractivity contribution in [1.29, 1.82) is 0 Å². The van der Waals surface area contributed by atoms with Crippen molar-refractivity contribution in [2.24, 2.45) is 5.41 Å². The van der Waals surface area contributed by atoms with Gasteiger partial charge in [0, 0.05) is 0 Å². The molecular formula is C34H40O2. The highest BCUT2D eigenvalue weighted by molar-refractivity contribution is 5.92. The summed E-state index contributed by atoms with van der Waals surface area (Å²) in [5.41, 5.74) is 3.08. The highest BCUT2D eigenvalue weighted by Gasteiger charge is 2.35. The van der Waals surface area contributed by atoms with Gasteiger partial charge >= 0.3 is 5.97 Å². The third kappa shape index (κ3) is 4.78. The van der Waals surface area contributed by atoms with Crippen LogP contribution in [0.3, 0.4) is 0 Å². The molecule has 0 aromatic heterocycles. The molecule has 5 rings (SSSR count).